The van der Waals surface area contributed by atoms with Crippen molar-refractivity contribution in [1.82, 2.24) is 0 Å². The first-order valence-electron chi connectivity index (χ1n) is 6.79. The fourth-order valence-electron chi connectivity index (χ4n) is 2.98. The summed E-state index contributed by atoms with van der Waals surface area (Å²) in [6, 6.07) is 4.47. The van der Waals surface area contributed by atoms with Crippen molar-refractivity contribution in [2.75, 3.05) is 6.54 Å². The number of nitrogens with two attached hydrogens (primary N) is 1. The van der Waals surface area contributed by atoms with Gasteiger partial charge in [-0.3, -0.25) is 10.1 Å². The highest BCUT2D eigenvalue weighted by atomic mass is 35.5. The summed E-state index contributed by atoms with van der Waals surface area (Å²) < 4.78 is 0. The summed E-state index contributed by atoms with van der Waals surface area (Å²) in [5.74, 6) is 0. The molecular weight excluding hydrogens is 280 g/mol. The smallest absolute Gasteiger partial charge is 0.270 e. The number of nitro groups is 1. The van der Waals surface area contributed by atoms with E-state index >= 15 is 0 Å². The Morgan fingerprint density at radius 1 is 1.50 bits per heavy atom. The molecule has 0 aliphatic heterocycles. The van der Waals surface area contributed by atoms with Crippen molar-refractivity contribution in [3.63, 3.8) is 0 Å². The van der Waals surface area contributed by atoms with Crippen molar-refractivity contribution in [2.24, 2.45) is 11.1 Å². The van der Waals surface area contributed by atoms with Gasteiger partial charge in [0.25, 0.3) is 5.69 Å². The Labute approximate surface area is 122 Å². The second kappa shape index (κ2) is 6.08. The van der Waals surface area contributed by atoms with Gasteiger partial charge in [-0.15, -0.1) is 0 Å². The molecule has 1 fully saturated rings. The molecule has 2 rings (SSSR count). The average Bonchev–Trinajstić information content (AvgIpc) is 2.43. The molecule has 110 valence electrons. The SMILES string of the molecule is NCC1(Cc2ccc([N+](=O)[O-])cc2Cl)CCCCC1O. The lowest BCUT2D eigenvalue weighted by Gasteiger charge is -2.41. The van der Waals surface area contributed by atoms with Crippen LogP contribution in [0.4, 0.5) is 5.69 Å². The zero-order chi connectivity index (χ0) is 14.8. The summed E-state index contributed by atoms with van der Waals surface area (Å²) in [6.45, 7) is 0.390. The fourth-order valence-corrected chi connectivity index (χ4v) is 3.22. The van der Waals surface area contributed by atoms with Gasteiger partial charge in [-0.05, 0) is 24.8 Å². The maximum absolute atomic E-state index is 10.7. The van der Waals surface area contributed by atoms with Gasteiger partial charge in [-0.2, -0.15) is 0 Å². The summed E-state index contributed by atoms with van der Waals surface area (Å²) in [5, 5.41) is 21.4. The van der Waals surface area contributed by atoms with Crippen LogP contribution in [-0.2, 0) is 6.42 Å². The van der Waals surface area contributed by atoms with Crippen LogP contribution < -0.4 is 5.73 Å². The quantitative estimate of drug-likeness (QED) is 0.660. The van der Waals surface area contributed by atoms with Gasteiger partial charge in [0.1, 0.15) is 0 Å². The second-order valence-corrected chi connectivity index (χ2v) is 5.94. The van der Waals surface area contributed by atoms with Gasteiger partial charge in [0, 0.05) is 24.1 Å². The van der Waals surface area contributed by atoms with Crippen molar-refractivity contribution in [1.29, 1.82) is 0 Å². The van der Waals surface area contributed by atoms with E-state index in [2.05, 4.69) is 0 Å². The van der Waals surface area contributed by atoms with Gasteiger partial charge in [0.2, 0.25) is 0 Å². The molecule has 0 bridgehead atoms. The van der Waals surface area contributed by atoms with Gasteiger partial charge in [0.15, 0.2) is 0 Å². The van der Waals surface area contributed by atoms with Crippen LogP contribution in [0.2, 0.25) is 5.02 Å². The zero-order valence-corrected chi connectivity index (χ0v) is 12.0. The number of aliphatic hydroxyl groups is 1. The fraction of sp³-hybridized carbons (Fsp3) is 0.571. The molecule has 1 aliphatic carbocycles. The predicted octanol–water partition coefficient (Wildman–Crippen LogP) is 2.67. The van der Waals surface area contributed by atoms with E-state index in [4.69, 9.17) is 17.3 Å². The molecule has 0 aromatic heterocycles. The lowest BCUT2D eigenvalue weighted by molar-refractivity contribution is -0.384. The number of nitro benzene ring substituents is 1. The van der Waals surface area contributed by atoms with Crippen LogP contribution in [0, 0.1) is 15.5 Å². The van der Waals surface area contributed by atoms with Crippen LogP contribution in [0.3, 0.4) is 0 Å². The van der Waals surface area contributed by atoms with E-state index in [1.54, 1.807) is 6.07 Å². The van der Waals surface area contributed by atoms with Crippen LogP contribution in [-0.4, -0.2) is 22.7 Å². The van der Waals surface area contributed by atoms with Crippen molar-refractivity contribution in [2.45, 2.75) is 38.2 Å². The molecule has 0 radical (unpaired) electrons. The Hall–Kier alpha value is -1.17. The number of non-ortho nitro benzene ring substituents is 1. The first kappa shape index (κ1) is 15.2. The van der Waals surface area contributed by atoms with Gasteiger partial charge in [0.05, 0.1) is 16.0 Å². The summed E-state index contributed by atoms with van der Waals surface area (Å²) in [7, 11) is 0. The normalized spacial score (nSPS) is 26.4. The van der Waals surface area contributed by atoms with E-state index in [9.17, 15) is 15.2 Å². The number of hydrogen-bond acceptors (Lipinski definition) is 4. The van der Waals surface area contributed by atoms with Crippen LogP contribution in [0.15, 0.2) is 18.2 Å². The topological polar surface area (TPSA) is 89.4 Å². The lowest BCUT2D eigenvalue weighted by Crippen LogP contribution is -2.45. The third-order valence-electron chi connectivity index (χ3n) is 4.31. The lowest BCUT2D eigenvalue weighted by atomic mass is 9.68. The molecule has 1 aliphatic rings. The third kappa shape index (κ3) is 2.95. The predicted molar refractivity (Wildman–Crippen MR) is 77.8 cm³/mol. The van der Waals surface area contributed by atoms with Crippen molar-refractivity contribution in [3.05, 3.63) is 38.9 Å². The Morgan fingerprint density at radius 3 is 2.80 bits per heavy atom. The molecule has 3 N–H and O–H groups in total. The number of benzene rings is 1. The maximum atomic E-state index is 10.7. The molecule has 0 saturated heterocycles. The molecule has 5 nitrogen and oxygen atoms in total. The highest BCUT2D eigenvalue weighted by molar-refractivity contribution is 6.31. The van der Waals surface area contributed by atoms with E-state index in [0.717, 1.165) is 31.2 Å². The van der Waals surface area contributed by atoms with E-state index in [-0.39, 0.29) is 11.1 Å². The number of halogens is 1. The molecule has 1 aromatic carbocycles. The third-order valence-corrected chi connectivity index (χ3v) is 4.66. The Morgan fingerprint density at radius 2 is 2.25 bits per heavy atom. The van der Waals surface area contributed by atoms with E-state index < -0.39 is 11.0 Å². The average molecular weight is 299 g/mol. The summed E-state index contributed by atoms with van der Waals surface area (Å²) in [5.41, 5.74) is 6.32. The minimum absolute atomic E-state index is 0.0234. The van der Waals surface area contributed by atoms with Crippen LogP contribution in [0.25, 0.3) is 0 Å². The Balaban J connectivity index is 2.25. The van der Waals surface area contributed by atoms with Gasteiger partial charge < -0.3 is 10.8 Å². The summed E-state index contributed by atoms with van der Waals surface area (Å²) >= 11 is 6.13. The number of aliphatic hydroxyl groups excluding tert-OH is 1. The van der Waals surface area contributed by atoms with Crippen molar-refractivity contribution < 1.29 is 10.0 Å². The van der Waals surface area contributed by atoms with E-state index in [0.29, 0.717) is 18.0 Å². The summed E-state index contributed by atoms with van der Waals surface area (Å²) in [6.07, 6.45) is 3.78. The summed E-state index contributed by atoms with van der Waals surface area (Å²) in [4.78, 5) is 10.2. The molecule has 2 unspecified atom stereocenters. The minimum atomic E-state index is -0.468. The monoisotopic (exact) mass is 298 g/mol. The van der Waals surface area contributed by atoms with Gasteiger partial charge in [-0.1, -0.05) is 30.5 Å². The second-order valence-electron chi connectivity index (χ2n) is 5.54. The standard InChI is InChI=1S/C14H19ClN2O3/c15-12-7-11(17(19)20)5-4-10(12)8-14(9-16)6-2-1-3-13(14)18/h4-5,7,13,18H,1-3,6,8-9,16H2. The molecule has 6 heteroatoms. The maximum Gasteiger partial charge on any atom is 0.270 e. The highest BCUT2D eigenvalue weighted by Crippen LogP contribution is 2.40. The molecule has 1 saturated carbocycles. The zero-order valence-electron chi connectivity index (χ0n) is 11.2. The number of nitrogens with zero attached hydrogens (tertiary/aromatic N) is 1. The minimum Gasteiger partial charge on any atom is -0.392 e. The highest BCUT2D eigenvalue weighted by Gasteiger charge is 2.39. The van der Waals surface area contributed by atoms with Crippen LogP contribution in [0.1, 0.15) is 31.2 Å². The Kier molecular flexibility index (Phi) is 4.62. The molecule has 2 atom stereocenters. The van der Waals surface area contributed by atoms with Crippen LogP contribution in [0.5, 0.6) is 0 Å². The Bertz CT molecular complexity index is 509. The molecule has 0 heterocycles. The molecule has 0 amide bonds. The molecule has 0 spiro atoms. The van der Waals surface area contributed by atoms with Crippen LogP contribution >= 0.6 is 11.6 Å². The number of rotatable bonds is 4. The van der Waals surface area contributed by atoms with Crippen molar-refractivity contribution >= 4 is 17.3 Å². The van der Waals surface area contributed by atoms with Gasteiger partial charge >= 0.3 is 0 Å². The molecule has 20 heavy (non-hydrogen) atoms. The molecule has 1 aromatic rings. The van der Waals surface area contributed by atoms with Crippen molar-refractivity contribution in [3.8, 4) is 0 Å². The first-order chi connectivity index (χ1) is 9.48. The molecular formula is C14H19ClN2O3. The van der Waals surface area contributed by atoms with Gasteiger partial charge in [-0.25, -0.2) is 0 Å². The number of hydrogen-bond donors (Lipinski definition) is 2. The first-order valence-corrected chi connectivity index (χ1v) is 7.17. The van der Waals surface area contributed by atoms with E-state index in [1.165, 1.54) is 12.1 Å². The largest absolute Gasteiger partial charge is 0.392 e. The van der Waals surface area contributed by atoms with E-state index in [1.807, 2.05) is 0 Å².